The van der Waals surface area contributed by atoms with Crippen LogP contribution >= 0.6 is 11.6 Å². The van der Waals surface area contributed by atoms with Crippen molar-refractivity contribution in [3.05, 3.63) is 34.9 Å². The maximum atomic E-state index is 12.2. The van der Waals surface area contributed by atoms with E-state index in [1.54, 1.807) is 19.1 Å². The van der Waals surface area contributed by atoms with Gasteiger partial charge < -0.3 is 14.4 Å². The molecule has 0 aromatic heterocycles. The van der Waals surface area contributed by atoms with E-state index >= 15 is 0 Å². The van der Waals surface area contributed by atoms with Gasteiger partial charge in [-0.05, 0) is 30.5 Å². The smallest absolute Gasteiger partial charge is 0.222 e. The molecule has 0 fully saturated rings. The molecule has 0 spiro atoms. The van der Waals surface area contributed by atoms with Gasteiger partial charge in [0, 0.05) is 38.8 Å². The molecule has 0 bridgehead atoms. The van der Waals surface area contributed by atoms with Gasteiger partial charge in [0.2, 0.25) is 5.91 Å². The fourth-order valence-corrected chi connectivity index (χ4v) is 2.14. The highest BCUT2D eigenvalue weighted by Gasteiger charge is 2.12. The number of halogens is 1. The highest BCUT2D eigenvalue weighted by atomic mass is 35.5. The van der Waals surface area contributed by atoms with E-state index in [1.807, 2.05) is 24.3 Å². The molecule has 0 saturated heterocycles. The molecule has 0 heterocycles. The molecular formula is C16H24ClNO3. The molecule has 1 aromatic carbocycles. The minimum absolute atomic E-state index is 0.151. The number of carbonyl (C=O) groups is 1. The zero-order chi connectivity index (χ0) is 15.5. The van der Waals surface area contributed by atoms with Crippen LogP contribution in [-0.4, -0.2) is 51.3 Å². The second kappa shape index (κ2) is 10.6. The molecule has 0 radical (unpaired) electrons. The summed E-state index contributed by atoms with van der Waals surface area (Å²) in [6, 6.07) is 7.76. The molecule has 0 aliphatic carbocycles. The van der Waals surface area contributed by atoms with Gasteiger partial charge >= 0.3 is 0 Å². The number of carbonyl (C=O) groups excluding carboxylic acids is 1. The van der Waals surface area contributed by atoms with E-state index in [1.165, 1.54) is 5.56 Å². The van der Waals surface area contributed by atoms with Crippen molar-refractivity contribution in [2.75, 3.05) is 40.5 Å². The lowest BCUT2D eigenvalue weighted by molar-refractivity contribution is -0.132. The Kier molecular flexibility index (Phi) is 9.06. The minimum Gasteiger partial charge on any atom is -0.383 e. The van der Waals surface area contributed by atoms with Gasteiger partial charge in [0.15, 0.2) is 0 Å². The van der Waals surface area contributed by atoms with Crippen molar-refractivity contribution < 1.29 is 14.3 Å². The summed E-state index contributed by atoms with van der Waals surface area (Å²) in [5, 5.41) is 0.736. The second-order valence-corrected chi connectivity index (χ2v) is 5.28. The van der Waals surface area contributed by atoms with Crippen LogP contribution in [-0.2, 0) is 20.7 Å². The van der Waals surface area contributed by atoms with Gasteiger partial charge in [0.1, 0.15) is 0 Å². The van der Waals surface area contributed by atoms with Crippen molar-refractivity contribution in [2.45, 2.75) is 19.3 Å². The van der Waals surface area contributed by atoms with Gasteiger partial charge in [0.25, 0.3) is 0 Å². The molecule has 0 aliphatic rings. The summed E-state index contributed by atoms with van der Waals surface area (Å²) in [5.74, 6) is 0.151. The van der Waals surface area contributed by atoms with Gasteiger partial charge in [0.05, 0.1) is 13.2 Å². The van der Waals surface area contributed by atoms with Gasteiger partial charge in [-0.15, -0.1) is 0 Å². The molecule has 5 heteroatoms. The second-order valence-electron chi connectivity index (χ2n) is 4.85. The average Bonchev–Trinajstić information content (AvgIpc) is 2.49. The first-order valence-corrected chi connectivity index (χ1v) is 7.55. The molecule has 0 atom stereocenters. The van der Waals surface area contributed by atoms with Crippen molar-refractivity contribution in [1.29, 1.82) is 0 Å². The number of amides is 1. The van der Waals surface area contributed by atoms with Crippen molar-refractivity contribution in [3.8, 4) is 0 Å². The zero-order valence-electron chi connectivity index (χ0n) is 12.8. The topological polar surface area (TPSA) is 38.8 Å². The van der Waals surface area contributed by atoms with Crippen molar-refractivity contribution in [2.24, 2.45) is 0 Å². The molecule has 1 rings (SSSR count). The summed E-state index contributed by atoms with van der Waals surface area (Å²) in [6.07, 6.45) is 2.25. The number of rotatable bonds is 10. The first kappa shape index (κ1) is 18.0. The van der Waals surface area contributed by atoms with E-state index in [0.29, 0.717) is 32.7 Å². The third-order valence-corrected chi connectivity index (χ3v) is 3.50. The molecule has 0 N–H and O–H groups in total. The lowest BCUT2D eigenvalue weighted by Crippen LogP contribution is -2.36. The lowest BCUT2D eigenvalue weighted by Gasteiger charge is -2.22. The van der Waals surface area contributed by atoms with Gasteiger partial charge in [-0.25, -0.2) is 0 Å². The van der Waals surface area contributed by atoms with Crippen molar-refractivity contribution in [3.63, 3.8) is 0 Å². The van der Waals surface area contributed by atoms with Crippen LogP contribution in [0, 0.1) is 0 Å². The zero-order valence-corrected chi connectivity index (χ0v) is 13.6. The first-order valence-electron chi connectivity index (χ1n) is 7.17. The predicted octanol–water partition coefficient (Wildman–Crippen LogP) is 2.78. The standard InChI is InChI=1S/C16H24ClNO3/c1-20-12-10-18(11-13-21-2)16(19)5-3-4-14-6-8-15(17)9-7-14/h6-9H,3-5,10-13H2,1-2H3. The molecule has 1 amide bonds. The highest BCUT2D eigenvalue weighted by Crippen LogP contribution is 2.12. The first-order chi connectivity index (χ1) is 10.2. The van der Waals surface area contributed by atoms with Crippen molar-refractivity contribution >= 4 is 17.5 Å². The summed E-state index contributed by atoms with van der Waals surface area (Å²) in [5.41, 5.74) is 1.20. The monoisotopic (exact) mass is 313 g/mol. The average molecular weight is 314 g/mol. The quantitative estimate of drug-likeness (QED) is 0.667. The largest absolute Gasteiger partial charge is 0.383 e. The van der Waals surface area contributed by atoms with E-state index in [4.69, 9.17) is 21.1 Å². The lowest BCUT2D eigenvalue weighted by atomic mass is 10.1. The fourth-order valence-electron chi connectivity index (χ4n) is 2.02. The number of benzene rings is 1. The van der Waals surface area contributed by atoms with Crippen LogP contribution in [0.3, 0.4) is 0 Å². The van der Waals surface area contributed by atoms with E-state index < -0.39 is 0 Å². The molecular weight excluding hydrogens is 290 g/mol. The van der Waals surface area contributed by atoms with Gasteiger partial charge in [-0.2, -0.15) is 0 Å². The number of nitrogens with zero attached hydrogens (tertiary/aromatic N) is 1. The van der Waals surface area contributed by atoms with E-state index in [-0.39, 0.29) is 5.91 Å². The SMILES string of the molecule is COCCN(CCOC)C(=O)CCCc1ccc(Cl)cc1. The van der Waals surface area contributed by atoms with Gasteiger partial charge in [-0.1, -0.05) is 23.7 Å². The Morgan fingerprint density at radius 3 is 2.19 bits per heavy atom. The molecule has 0 saturated carbocycles. The fraction of sp³-hybridized carbons (Fsp3) is 0.562. The Labute approximate surface area is 132 Å². The summed E-state index contributed by atoms with van der Waals surface area (Å²) in [7, 11) is 3.28. The van der Waals surface area contributed by atoms with Gasteiger partial charge in [-0.3, -0.25) is 4.79 Å². The van der Waals surface area contributed by atoms with E-state index in [9.17, 15) is 4.79 Å². The Morgan fingerprint density at radius 2 is 1.67 bits per heavy atom. The summed E-state index contributed by atoms with van der Waals surface area (Å²) < 4.78 is 10.1. The maximum Gasteiger partial charge on any atom is 0.222 e. The highest BCUT2D eigenvalue weighted by molar-refractivity contribution is 6.30. The van der Waals surface area contributed by atoms with Crippen LogP contribution in [0.1, 0.15) is 18.4 Å². The molecule has 1 aromatic rings. The molecule has 118 valence electrons. The summed E-state index contributed by atoms with van der Waals surface area (Å²) >= 11 is 5.85. The van der Waals surface area contributed by atoms with Crippen molar-refractivity contribution in [1.82, 2.24) is 4.90 Å². The predicted molar refractivity (Wildman–Crippen MR) is 84.7 cm³/mol. The Bertz CT molecular complexity index is 400. The minimum atomic E-state index is 0.151. The number of methoxy groups -OCH3 is 2. The Hall–Kier alpha value is -1.10. The Morgan fingerprint density at radius 1 is 1.10 bits per heavy atom. The van der Waals surface area contributed by atoms with Crippen LogP contribution in [0.25, 0.3) is 0 Å². The number of hydrogen-bond donors (Lipinski definition) is 0. The van der Waals surface area contributed by atoms with Crippen LogP contribution < -0.4 is 0 Å². The maximum absolute atomic E-state index is 12.2. The summed E-state index contributed by atoms with van der Waals surface area (Å²) in [4.78, 5) is 14.0. The Balaban J connectivity index is 2.35. The third kappa shape index (κ3) is 7.46. The summed E-state index contributed by atoms with van der Waals surface area (Å²) in [6.45, 7) is 2.32. The van der Waals surface area contributed by atoms with Crippen LogP contribution in [0.4, 0.5) is 0 Å². The van der Waals surface area contributed by atoms with E-state index in [2.05, 4.69) is 0 Å². The molecule has 0 aliphatic heterocycles. The molecule has 0 unspecified atom stereocenters. The van der Waals surface area contributed by atoms with E-state index in [0.717, 1.165) is 17.9 Å². The molecule has 4 nitrogen and oxygen atoms in total. The number of ether oxygens (including phenoxy) is 2. The third-order valence-electron chi connectivity index (χ3n) is 3.25. The number of hydrogen-bond acceptors (Lipinski definition) is 3. The van der Waals surface area contributed by atoms with Crippen LogP contribution in [0.15, 0.2) is 24.3 Å². The molecule has 21 heavy (non-hydrogen) atoms. The normalized spacial score (nSPS) is 10.6. The van der Waals surface area contributed by atoms with Crippen LogP contribution in [0.2, 0.25) is 5.02 Å². The van der Waals surface area contributed by atoms with Crippen LogP contribution in [0.5, 0.6) is 0 Å². The number of aryl methyl sites for hydroxylation is 1.